The second-order valence-corrected chi connectivity index (χ2v) is 12.8. The van der Waals surface area contributed by atoms with Gasteiger partial charge in [0.25, 0.3) is 0 Å². The van der Waals surface area contributed by atoms with Crippen LogP contribution in [-0.4, -0.2) is 25.3 Å². The van der Waals surface area contributed by atoms with Gasteiger partial charge in [0.05, 0.1) is 8.07 Å². The SMILES string of the molecule is CC(=C1C(NC(C)(C)C)=[C-]c2ccccc21)[Si](C)(C)CCO.[Cl-].[Cl-].[Ti+3]. The molecule has 1 aromatic carbocycles. The third-order valence-electron chi connectivity index (χ3n) is 4.33. The van der Waals surface area contributed by atoms with Crippen molar-refractivity contribution in [1.29, 1.82) is 0 Å². The molecule has 25 heavy (non-hydrogen) atoms. The number of nitrogens with one attached hydrogen (secondary N) is 1. The molecular weight excluding hydrogens is 405 g/mol. The van der Waals surface area contributed by atoms with Gasteiger partial charge in [0.15, 0.2) is 0 Å². The zero-order valence-electron chi connectivity index (χ0n) is 15.9. The maximum absolute atomic E-state index is 9.42. The maximum Gasteiger partial charge on any atom is 3.00 e. The van der Waals surface area contributed by atoms with Crippen molar-refractivity contribution in [2.24, 2.45) is 0 Å². The van der Waals surface area contributed by atoms with Gasteiger partial charge in [-0.3, -0.25) is 0 Å². The van der Waals surface area contributed by atoms with E-state index in [1.807, 2.05) is 0 Å². The molecule has 0 saturated heterocycles. The molecule has 0 aliphatic heterocycles. The first-order valence-corrected chi connectivity index (χ1v) is 11.2. The van der Waals surface area contributed by atoms with Crippen LogP contribution in [0.2, 0.25) is 19.1 Å². The summed E-state index contributed by atoms with van der Waals surface area (Å²) in [6, 6.07) is 9.36. The van der Waals surface area contributed by atoms with E-state index in [1.54, 1.807) is 0 Å². The van der Waals surface area contributed by atoms with E-state index in [-0.39, 0.29) is 58.7 Å². The fourth-order valence-corrected chi connectivity index (χ4v) is 4.68. The first-order chi connectivity index (χ1) is 10.2. The summed E-state index contributed by atoms with van der Waals surface area (Å²) in [6.07, 6.45) is 3.54. The maximum atomic E-state index is 9.42. The van der Waals surface area contributed by atoms with Crippen molar-refractivity contribution in [1.82, 2.24) is 5.32 Å². The van der Waals surface area contributed by atoms with E-state index in [9.17, 15) is 5.11 Å². The Morgan fingerprint density at radius 3 is 2.24 bits per heavy atom. The minimum Gasteiger partial charge on any atom is -1.00 e. The Balaban J connectivity index is 0. The summed E-state index contributed by atoms with van der Waals surface area (Å²) < 4.78 is 0. The van der Waals surface area contributed by atoms with Gasteiger partial charge in [-0.25, -0.2) is 0 Å². The van der Waals surface area contributed by atoms with Crippen molar-refractivity contribution >= 4 is 13.6 Å². The number of aliphatic hydroxyl groups excluding tert-OH is 1. The van der Waals surface area contributed by atoms with Crippen LogP contribution in [0.3, 0.4) is 0 Å². The monoisotopic (exact) mass is 432 g/mol. The number of aliphatic hydroxyl groups is 1. The molecule has 2 N–H and O–H groups in total. The van der Waals surface area contributed by atoms with Crippen LogP contribution >= 0.6 is 0 Å². The van der Waals surface area contributed by atoms with Gasteiger partial charge in [-0.1, -0.05) is 31.8 Å². The molecule has 137 valence electrons. The zero-order chi connectivity index (χ0) is 16.5. The number of benzene rings is 1. The van der Waals surface area contributed by atoms with Crippen LogP contribution in [0.4, 0.5) is 0 Å². The summed E-state index contributed by atoms with van der Waals surface area (Å²) >= 11 is 0. The zero-order valence-corrected chi connectivity index (χ0v) is 20.0. The predicted molar refractivity (Wildman–Crippen MR) is 97.2 cm³/mol. The Morgan fingerprint density at radius 1 is 1.16 bits per heavy atom. The molecule has 1 aliphatic carbocycles. The molecule has 0 bridgehead atoms. The molecule has 0 fully saturated rings. The topological polar surface area (TPSA) is 32.3 Å². The van der Waals surface area contributed by atoms with Crippen LogP contribution in [0.1, 0.15) is 38.8 Å². The Kier molecular flexibility index (Phi) is 11.2. The van der Waals surface area contributed by atoms with Crippen LogP contribution in [-0.2, 0) is 21.7 Å². The Bertz CT molecular complexity index is 637. The number of fused-ring (bicyclic) bond motifs is 1. The van der Waals surface area contributed by atoms with Crippen LogP contribution in [0.25, 0.3) is 5.57 Å². The van der Waals surface area contributed by atoms with Crippen molar-refractivity contribution in [2.75, 3.05) is 6.61 Å². The predicted octanol–water partition coefficient (Wildman–Crippen LogP) is -1.86. The van der Waals surface area contributed by atoms with Gasteiger partial charge in [-0.05, 0) is 26.8 Å². The van der Waals surface area contributed by atoms with Crippen molar-refractivity contribution in [3.8, 4) is 0 Å². The van der Waals surface area contributed by atoms with Gasteiger partial charge in [-0.2, -0.15) is 0 Å². The summed E-state index contributed by atoms with van der Waals surface area (Å²) in [6.45, 7) is 13.7. The average Bonchev–Trinajstić information content (AvgIpc) is 2.72. The van der Waals surface area contributed by atoms with Crippen LogP contribution < -0.4 is 30.1 Å². The minimum absolute atomic E-state index is 0. The molecular formula is C19H28Cl2NOSiTi. The van der Waals surface area contributed by atoms with Crippen molar-refractivity contribution in [3.63, 3.8) is 0 Å². The van der Waals surface area contributed by atoms with Gasteiger partial charge in [0, 0.05) is 12.1 Å². The third-order valence-corrected chi connectivity index (χ3v) is 8.09. The third kappa shape index (κ3) is 6.57. The van der Waals surface area contributed by atoms with E-state index < -0.39 is 8.07 Å². The van der Waals surface area contributed by atoms with Gasteiger partial charge in [0.1, 0.15) is 0 Å². The summed E-state index contributed by atoms with van der Waals surface area (Å²) in [5.41, 5.74) is 4.83. The smallest absolute Gasteiger partial charge is 1.00 e. The molecule has 0 saturated carbocycles. The summed E-state index contributed by atoms with van der Waals surface area (Å²) in [5, 5.41) is 14.5. The number of hydrogen-bond donors (Lipinski definition) is 2. The van der Waals surface area contributed by atoms with Crippen molar-refractivity contribution in [3.05, 3.63) is 52.4 Å². The molecule has 0 heterocycles. The Morgan fingerprint density at radius 2 is 1.72 bits per heavy atom. The van der Waals surface area contributed by atoms with Gasteiger partial charge >= 0.3 is 21.7 Å². The minimum atomic E-state index is -1.63. The second kappa shape index (κ2) is 10.3. The Labute approximate surface area is 181 Å². The quantitative estimate of drug-likeness (QED) is 0.432. The molecule has 2 nitrogen and oxygen atoms in total. The molecule has 0 atom stereocenters. The molecule has 0 amide bonds. The summed E-state index contributed by atoms with van der Waals surface area (Å²) in [4.78, 5) is 0. The summed E-state index contributed by atoms with van der Waals surface area (Å²) in [7, 11) is -1.63. The number of hydrogen-bond acceptors (Lipinski definition) is 2. The van der Waals surface area contributed by atoms with E-state index in [4.69, 9.17) is 0 Å². The standard InChI is InChI=1S/C19H28NOSi.2ClH.Ti/c1-14(22(5,6)12-11-21)18-16-10-8-7-9-15(16)13-17(18)20-19(2,3)4;;;/h7-10,20-21H,11-12H2,1-6H3;2*1H;/q-1;;;+3/p-2. The van der Waals surface area contributed by atoms with Gasteiger partial charge in [-0.15, -0.1) is 46.2 Å². The summed E-state index contributed by atoms with van der Waals surface area (Å²) in [5.74, 6) is 0. The van der Waals surface area contributed by atoms with Crippen LogP contribution in [0.5, 0.6) is 0 Å². The van der Waals surface area contributed by atoms with Crippen LogP contribution in [0, 0.1) is 6.08 Å². The molecule has 6 heteroatoms. The largest absolute Gasteiger partial charge is 3.00 e. The molecule has 0 spiro atoms. The molecule has 0 unspecified atom stereocenters. The van der Waals surface area contributed by atoms with Gasteiger partial charge < -0.3 is 35.2 Å². The fourth-order valence-electron chi connectivity index (χ4n) is 2.81. The van der Waals surface area contributed by atoms with E-state index >= 15 is 0 Å². The fraction of sp³-hybridized carbons (Fsp3) is 0.474. The van der Waals surface area contributed by atoms with Crippen LogP contribution in [0.15, 0.2) is 35.2 Å². The molecule has 0 aromatic heterocycles. The van der Waals surface area contributed by atoms with Crippen molar-refractivity contribution < 1.29 is 51.6 Å². The number of halogens is 2. The molecule has 2 rings (SSSR count). The molecule has 1 aromatic rings. The Hall–Kier alpha value is -0.0288. The number of rotatable bonds is 4. The van der Waals surface area contributed by atoms with E-state index in [0.29, 0.717) is 0 Å². The average molecular weight is 433 g/mol. The normalized spacial score (nSPS) is 15.1. The molecule has 1 radical (unpaired) electrons. The molecule has 1 aliphatic rings. The first-order valence-electron chi connectivity index (χ1n) is 8.00. The first kappa shape index (κ1) is 27.2. The number of allylic oxidation sites excluding steroid dienone is 2. The second-order valence-electron chi connectivity index (χ2n) is 7.78. The van der Waals surface area contributed by atoms with Crippen molar-refractivity contribution in [2.45, 2.75) is 52.4 Å². The van der Waals surface area contributed by atoms with E-state index in [0.717, 1.165) is 17.3 Å². The van der Waals surface area contributed by atoms with Gasteiger partial charge in [0.2, 0.25) is 0 Å². The van der Waals surface area contributed by atoms with E-state index in [2.05, 4.69) is 76.4 Å². The van der Waals surface area contributed by atoms with E-state index in [1.165, 1.54) is 16.3 Å².